The maximum absolute atomic E-state index is 12.6. The summed E-state index contributed by atoms with van der Waals surface area (Å²) in [5, 5.41) is 2.87. The van der Waals surface area contributed by atoms with Gasteiger partial charge in [-0.1, -0.05) is 19.6 Å². The second-order valence-corrected chi connectivity index (χ2v) is 6.59. The van der Waals surface area contributed by atoms with E-state index in [4.69, 9.17) is 0 Å². The molecule has 1 heterocycles. The Kier molecular flexibility index (Phi) is 5.59. The molecule has 144 valence electrons. The molecule has 28 heavy (non-hydrogen) atoms. The second-order valence-electron chi connectivity index (χ2n) is 6.59. The van der Waals surface area contributed by atoms with Crippen molar-refractivity contribution in [1.29, 1.82) is 0 Å². The van der Waals surface area contributed by atoms with E-state index in [1.54, 1.807) is 36.2 Å². The Morgan fingerprint density at radius 3 is 2.54 bits per heavy atom. The molecule has 0 fully saturated rings. The molecule has 2 aromatic rings. The SMILES string of the molecule is C=CC(=O)N(C)c1ccc(C(=O)Nc2ccc3c(c2)N(C(=O)CC)CC3)cc1. The first-order valence-electron chi connectivity index (χ1n) is 9.19. The van der Waals surface area contributed by atoms with Gasteiger partial charge in [0.05, 0.1) is 0 Å². The molecular weight excluding hydrogens is 354 g/mol. The molecule has 0 bridgehead atoms. The first-order valence-corrected chi connectivity index (χ1v) is 9.19. The maximum Gasteiger partial charge on any atom is 0.255 e. The largest absolute Gasteiger partial charge is 0.322 e. The second kappa shape index (κ2) is 8.08. The van der Waals surface area contributed by atoms with Crippen LogP contribution in [0.15, 0.2) is 55.1 Å². The van der Waals surface area contributed by atoms with Crippen molar-refractivity contribution in [3.8, 4) is 0 Å². The lowest BCUT2D eigenvalue weighted by Gasteiger charge is -2.17. The van der Waals surface area contributed by atoms with Gasteiger partial charge in [-0.05, 0) is 54.5 Å². The molecule has 0 aromatic heterocycles. The minimum absolute atomic E-state index is 0.0796. The molecule has 2 aromatic carbocycles. The van der Waals surface area contributed by atoms with E-state index in [1.807, 2.05) is 25.1 Å². The summed E-state index contributed by atoms with van der Waals surface area (Å²) in [5.74, 6) is -0.395. The maximum atomic E-state index is 12.6. The summed E-state index contributed by atoms with van der Waals surface area (Å²) in [6.07, 6.45) is 2.51. The van der Waals surface area contributed by atoms with Gasteiger partial charge in [-0.3, -0.25) is 14.4 Å². The third-order valence-electron chi connectivity index (χ3n) is 4.86. The minimum Gasteiger partial charge on any atom is -0.322 e. The zero-order valence-corrected chi connectivity index (χ0v) is 16.1. The molecule has 3 amide bonds. The summed E-state index contributed by atoms with van der Waals surface area (Å²) >= 11 is 0. The van der Waals surface area contributed by atoms with Crippen LogP contribution in [0.4, 0.5) is 17.1 Å². The fourth-order valence-corrected chi connectivity index (χ4v) is 3.21. The van der Waals surface area contributed by atoms with Gasteiger partial charge < -0.3 is 15.1 Å². The molecule has 0 saturated heterocycles. The van der Waals surface area contributed by atoms with Crippen molar-refractivity contribution in [2.45, 2.75) is 19.8 Å². The third kappa shape index (κ3) is 3.81. The molecule has 6 nitrogen and oxygen atoms in total. The van der Waals surface area contributed by atoms with E-state index in [1.165, 1.54) is 11.0 Å². The topological polar surface area (TPSA) is 69.7 Å². The van der Waals surface area contributed by atoms with Crippen molar-refractivity contribution in [3.05, 3.63) is 66.2 Å². The fourth-order valence-electron chi connectivity index (χ4n) is 3.21. The molecule has 0 unspecified atom stereocenters. The van der Waals surface area contributed by atoms with Gasteiger partial charge in [0.25, 0.3) is 5.91 Å². The zero-order valence-electron chi connectivity index (χ0n) is 16.1. The highest BCUT2D eigenvalue weighted by Gasteiger charge is 2.24. The highest BCUT2D eigenvalue weighted by Crippen LogP contribution is 2.31. The Labute approximate surface area is 164 Å². The van der Waals surface area contributed by atoms with E-state index >= 15 is 0 Å². The van der Waals surface area contributed by atoms with Gasteiger partial charge in [0.15, 0.2) is 0 Å². The number of benzene rings is 2. The van der Waals surface area contributed by atoms with E-state index in [-0.39, 0.29) is 17.7 Å². The first kappa shape index (κ1) is 19.4. The van der Waals surface area contributed by atoms with Crippen LogP contribution in [0.2, 0.25) is 0 Å². The molecule has 0 atom stereocenters. The normalized spacial score (nSPS) is 12.3. The van der Waals surface area contributed by atoms with Gasteiger partial charge in [-0.2, -0.15) is 0 Å². The number of fused-ring (bicyclic) bond motifs is 1. The van der Waals surface area contributed by atoms with E-state index < -0.39 is 0 Å². The van der Waals surface area contributed by atoms with Crippen LogP contribution in [-0.4, -0.2) is 31.3 Å². The molecule has 1 N–H and O–H groups in total. The van der Waals surface area contributed by atoms with Crippen molar-refractivity contribution in [1.82, 2.24) is 0 Å². The minimum atomic E-state index is -0.254. The number of carbonyl (C=O) groups excluding carboxylic acids is 3. The smallest absolute Gasteiger partial charge is 0.255 e. The average Bonchev–Trinajstić information content (AvgIpc) is 3.15. The Bertz CT molecular complexity index is 935. The highest BCUT2D eigenvalue weighted by molar-refractivity contribution is 6.06. The summed E-state index contributed by atoms with van der Waals surface area (Å²) in [5.41, 5.74) is 3.77. The van der Waals surface area contributed by atoms with Crippen molar-refractivity contribution in [2.75, 3.05) is 28.7 Å². The van der Waals surface area contributed by atoms with Crippen LogP contribution in [-0.2, 0) is 16.0 Å². The van der Waals surface area contributed by atoms with E-state index in [0.29, 0.717) is 29.9 Å². The number of amides is 3. The lowest BCUT2D eigenvalue weighted by molar-refractivity contribution is -0.118. The van der Waals surface area contributed by atoms with Crippen LogP contribution in [0.25, 0.3) is 0 Å². The van der Waals surface area contributed by atoms with Gasteiger partial charge >= 0.3 is 0 Å². The third-order valence-corrected chi connectivity index (χ3v) is 4.86. The van der Waals surface area contributed by atoms with Gasteiger partial charge in [0.2, 0.25) is 11.8 Å². The van der Waals surface area contributed by atoms with Crippen LogP contribution < -0.4 is 15.1 Å². The van der Waals surface area contributed by atoms with Gasteiger partial charge in [-0.15, -0.1) is 0 Å². The average molecular weight is 377 g/mol. The lowest BCUT2D eigenvalue weighted by atomic mass is 10.1. The summed E-state index contributed by atoms with van der Waals surface area (Å²) < 4.78 is 0. The molecule has 3 rings (SSSR count). The molecule has 6 heteroatoms. The van der Waals surface area contributed by atoms with Crippen molar-refractivity contribution >= 4 is 34.8 Å². The molecule has 0 radical (unpaired) electrons. The summed E-state index contributed by atoms with van der Waals surface area (Å²) in [6.45, 7) is 5.99. The van der Waals surface area contributed by atoms with E-state index in [2.05, 4.69) is 11.9 Å². The van der Waals surface area contributed by atoms with Crippen LogP contribution in [0.5, 0.6) is 0 Å². The summed E-state index contributed by atoms with van der Waals surface area (Å²) in [7, 11) is 1.65. The van der Waals surface area contributed by atoms with Crippen LogP contribution >= 0.6 is 0 Å². The standard InChI is InChI=1S/C22H23N3O3/c1-4-20(26)24(3)18-10-7-16(8-11-18)22(28)23-17-9-6-15-12-13-25(19(15)14-17)21(27)5-2/h4,6-11,14H,1,5,12-13H2,2-3H3,(H,23,28). The molecule has 0 saturated carbocycles. The number of hydrogen-bond acceptors (Lipinski definition) is 3. The molecule has 1 aliphatic heterocycles. The lowest BCUT2D eigenvalue weighted by Crippen LogP contribution is -2.27. The Morgan fingerprint density at radius 1 is 1.18 bits per heavy atom. The summed E-state index contributed by atoms with van der Waals surface area (Å²) in [4.78, 5) is 39.5. The Morgan fingerprint density at radius 2 is 1.89 bits per heavy atom. The van der Waals surface area contributed by atoms with Crippen LogP contribution in [0.1, 0.15) is 29.3 Å². The van der Waals surface area contributed by atoms with Crippen molar-refractivity contribution in [2.24, 2.45) is 0 Å². The van der Waals surface area contributed by atoms with Crippen LogP contribution in [0, 0.1) is 0 Å². The Balaban J connectivity index is 1.74. The highest BCUT2D eigenvalue weighted by atomic mass is 16.2. The monoisotopic (exact) mass is 377 g/mol. The number of nitrogens with zero attached hydrogens (tertiary/aromatic N) is 2. The molecule has 0 aliphatic carbocycles. The van der Waals surface area contributed by atoms with Crippen molar-refractivity contribution < 1.29 is 14.4 Å². The van der Waals surface area contributed by atoms with Gasteiger partial charge in [0, 0.05) is 42.6 Å². The summed E-state index contributed by atoms with van der Waals surface area (Å²) in [6, 6.07) is 12.4. The zero-order chi connectivity index (χ0) is 20.3. The van der Waals surface area contributed by atoms with E-state index in [9.17, 15) is 14.4 Å². The van der Waals surface area contributed by atoms with Gasteiger partial charge in [-0.25, -0.2) is 0 Å². The number of likely N-dealkylation sites (N-methyl/N-ethyl adjacent to an activating group) is 1. The Hall–Kier alpha value is -3.41. The molecule has 0 spiro atoms. The predicted octanol–water partition coefficient (Wildman–Crippen LogP) is 3.39. The predicted molar refractivity (Wildman–Crippen MR) is 111 cm³/mol. The molecule has 1 aliphatic rings. The first-order chi connectivity index (χ1) is 13.4. The number of carbonyl (C=O) groups is 3. The quantitative estimate of drug-likeness (QED) is 0.812. The number of nitrogens with one attached hydrogen (secondary N) is 1. The fraction of sp³-hybridized carbons (Fsp3) is 0.227. The number of anilines is 3. The molecular formula is C22H23N3O3. The number of rotatable bonds is 5. The van der Waals surface area contributed by atoms with Crippen molar-refractivity contribution in [3.63, 3.8) is 0 Å². The van der Waals surface area contributed by atoms with E-state index in [0.717, 1.165) is 17.7 Å². The van der Waals surface area contributed by atoms with Crippen LogP contribution in [0.3, 0.4) is 0 Å². The van der Waals surface area contributed by atoms with Gasteiger partial charge in [0.1, 0.15) is 0 Å². The number of hydrogen-bond donors (Lipinski definition) is 1.